The Morgan fingerprint density at radius 3 is 2.57 bits per heavy atom. The number of amides is 1. The van der Waals surface area contributed by atoms with Crippen LogP contribution in [0, 0.1) is 0 Å². The summed E-state index contributed by atoms with van der Waals surface area (Å²) in [6.07, 6.45) is 0.376. The first-order valence-electron chi connectivity index (χ1n) is 6.85. The Bertz CT molecular complexity index is 586. The lowest BCUT2D eigenvalue weighted by atomic mass is 10.1. The van der Waals surface area contributed by atoms with Gasteiger partial charge in [-0.25, -0.2) is 4.79 Å². The van der Waals surface area contributed by atoms with Gasteiger partial charge in [-0.3, -0.25) is 0 Å². The van der Waals surface area contributed by atoms with Gasteiger partial charge >= 0.3 is 6.09 Å². The Balaban J connectivity index is 1.77. The fourth-order valence-electron chi connectivity index (χ4n) is 2.03. The standard InChI is InChI=1S/C17H18BrNO2/c1-13(10-15-8-5-9-16(18)11-15)19-17(20)21-12-14-6-3-2-4-7-14/h2-9,11,13H,10,12H2,1H3,(H,19,20). The molecule has 4 heteroatoms. The normalized spacial score (nSPS) is 11.7. The summed E-state index contributed by atoms with van der Waals surface area (Å²) in [5.41, 5.74) is 2.15. The number of hydrogen-bond donors (Lipinski definition) is 1. The molecule has 0 aromatic heterocycles. The minimum absolute atomic E-state index is 0.0163. The van der Waals surface area contributed by atoms with Crippen molar-refractivity contribution < 1.29 is 9.53 Å². The molecule has 3 nitrogen and oxygen atoms in total. The minimum atomic E-state index is -0.388. The predicted molar refractivity (Wildman–Crippen MR) is 87.1 cm³/mol. The second kappa shape index (κ2) is 7.84. The van der Waals surface area contributed by atoms with Crippen LogP contribution >= 0.6 is 15.9 Å². The molecule has 0 saturated heterocycles. The van der Waals surface area contributed by atoms with Gasteiger partial charge in [0.1, 0.15) is 6.61 Å². The number of benzene rings is 2. The van der Waals surface area contributed by atoms with Crippen LogP contribution in [-0.2, 0) is 17.8 Å². The number of carbonyl (C=O) groups excluding carboxylic acids is 1. The van der Waals surface area contributed by atoms with E-state index in [1.54, 1.807) is 0 Å². The maximum Gasteiger partial charge on any atom is 0.407 e. The molecule has 0 saturated carbocycles. The number of ether oxygens (including phenoxy) is 1. The van der Waals surface area contributed by atoms with E-state index in [-0.39, 0.29) is 18.7 Å². The van der Waals surface area contributed by atoms with E-state index >= 15 is 0 Å². The third-order valence-electron chi connectivity index (χ3n) is 3.01. The molecule has 0 aliphatic carbocycles. The Morgan fingerprint density at radius 2 is 1.86 bits per heavy atom. The molecule has 1 amide bonds. The quantitative estimate of drug-likeness (QED) is 0.875. The van der Waals surface area contributed by atoms with Crippen LogP contribution in [0.25, 0.3) is 0 Å². The van der Waals surface area contributed by atoms with E-state index in [0.29, 0.717) is 0 Å². The van der Waals surface area contributed by atoms with E-state index in [9.17, 15) is 4.79 Å². The summed E-state index contributed by atoms with van der Waals surface area (Å²) in [6.45, 7) is 2.25. The van der Waals surface area contributed by atoms with Crippen molar-refractivity contribution in [3.05, 3.63) is 70.2 Å². The number of halogens is 1. The maximum absolute atomic E-state index is 11.7. The molecular weight excluding hydrogens is 330 g/mol. The fourth-order valence-corrected chi connectivity index (χ4v) is 2.48. The predicted octanol–water partition coefficient (Wildman–Crippen LogP) is 4.31. The van der Waals surface area contributed by atoms with Crippen molar-refractivity contribution in [2.24, 2.45) is 0 Å². The molecule has 0 spiro atoms. The number of nitrogens with one attached hydrogen (secondary N) is 1. The van der Waals surface area contributed by atoms with Gasteiger partial charge in [0.15, 0.2) is 0 Å². The minimum Gasteiger partial charge on any atom is -0.445 e. The van der Waals surface area contributed by atoms with Gasteiger partial charge < -0.3 is 10.1 Å². The summed E-state index contributed by atoms with van der Waals surface area (Å²) in [6, 6.07) is 17.7. The van der Waals surface area contributed by atoms with Crippen LogP contribution in [0.15, 0.2) is 59.1 Å². The summed E-state index contributed by atoms with van der Waals surface area (Å²) >= 11 is 3.44. The van der Waals surface area contributed by atoms with Gasteiger partial charge in [-0.05, 0) is 36.6 Å². The molecule has 0 radical (unpaired) electrons. The van der Waals surface area contributed by atoms with Crippen molar-refractivity contribution in [1.82, 2.24) is 5.32 Å². The highest BCUT2D eigenvalue weighted by molar-refractivity contribution is 9.10. The molecule has 1 N–H and O–H groups in total. The number of rotatable bonds is 5. The smallest absolute Gasteiger partial charge is 0.407 e. The Hall–Kier alpha value is -1.81. The van der Waals surface area contributed by atoms with Crippen LogP contribution in [0.3, 0.4) is 0 Å². The zero-order valence-corrected chi connectivity index (χ0v) is 13.5. The van der Waals surface area contributed by atoms with Crippen LogP contribution in [0.2, 0.25) is 0 Å². The largest absolute Gasteiger partial charge is 0.445 e. The molecule has 1 unspecified atom stereocenters. The van der Waals surface area contributed by atoms with Gasteiger partial charge in [-0.2, -0.15) is 0 Å². The molecule has 21 heavy (non-hydrogen) atoms. The van der Waals surface area contributed by atoms with E-state index in [0.717, 1.165) is 16.5 Å². The molecule has 1 atom stereocenters. The molecule has 110 valence electrons. The summed E-state index contributed by atoms with van der Waals surface area (Å²) in [5, 5.41) is 2.84. The van der Waals surface area contributed by atoms with E-state index in [1.165, 1.54) is 5.56 Å². The van der Waals surface area contributed by atoms with Gasteiger partial charge in [0.25, 0.3) is 0 Å². The average molecular weight is 348 g/mol. The monoisotopic (exact) mass is 347 g/mol. The fraction of sp³-hybridized carbons (Fsp3) is 0.235. The number of carbonyl (C=O) groups is 1. The summed E-state index contributed by atoms with van der Waals surface area (Å²) in [4.78, 5) is 11.7. The van der Waals surface area contributed by atoms with Crippen LogP contribution in [0.4, 0.5) is 4.79 Å². The van der Waals surface area contributed by atoms with Crippen molar-refractivity contribution in [3.63, 3.8) is 0 Å². The second-order valence-electron chi connectivity index (χ2n) is 4.94. The van der Waals surface area contributed by atoms with Crippen LogP contribution in [0.1, 0.15) is 18.1 Å². The lowest BCUT2D eigenvalue weighted by Gasteiger charge is -2.14. The van der Waals surface area contributed by atoms with Gasteiger partial charge in [0.2, 0.25) is 0 Å². The maximum atomic E-state index is 11.7. The first-order valence-corrected chi connectivity index (χ1v) is 7.64. The lowest BCUT2D eigenvalue weighted by molar-refractivity contribution is 0.136. The van der Waals surface area contributed by atoms with Crippen molar-refractivity contribution in [3.8, 4) is 0 Å². The van der Waals surface area contributed by atoms with Crippen LogP contribution in [0.5, 0.6) is 0 Å². The highest BCUT2D eigenvalue weighted by Crippen LogP contribution is 2.13. The number of hydrogen-bond acceptors (Lipinski definition) is 2. The summed E-state index contributed by atoms with van der Waals surface area (Å²) in [5.74, 6) is 0. The van der Waals surface area contributed by atoms with Crippen molar-refractivity contribution in [1.29, 1.82) is 0 Å². The Kier molecular flexibility index (Phi) is 5.81. The molecule has 0 fully saturated rings. The first kappa shape index (κ1) is 15.6. The zero-order chi connectivity index (χ0) is 15.1. The topological polar surface area (TPSA) is 38.3 Å². The highest BCUT2D eigenvalue weighted by atomic mass is 79.9. The van der Waals surface area contributed by atoms with Crippen LogP contribution in [-0.4, -0.2) is 12.1 Å². The Morgan fingerprint density at radius 1 is 1.14 bits per heavy atom. The third-order valence-corrected chi connectivity index (χ3v) is 3.50. The highest BCUT2D eigenvalue weighted by Gasteiger charge is 2.09. The van der Waals surface area contributed by atoms with E-state index in [2.05, 4.69) is 21.2 Å². The molecule has 0 bridgehead atoms. The molecule has 0 heterocycles. The molecule has 2 aromatic carbocycles. The summed E-state index contributed by atoms with van der Waals surface area (Å²) in [7, 11) is 0. The summed E-state index contributed by atoms with van der Waals surface area (Å²) < 4.78 is 6.24. The van der Waals surface area contributed by atoms with E-state index in [4.69, 9.17) is 4.74 Å². The molecule has 2 aromatic rings. The SMILES string of the molecule is CC(Cc1cccc(Br)c1)NC(=O)OCc1ccccc1. The second-order valence-corrected chi connectivity index (χ2v) is 5.86. The van der Waals surface area contributed by atoms with E-state index in [1.807, 2.05) is 61.5 Å². The molecular formula is C17H18BrNO2. The van der Waals surface area contributed by atoms with Gasteiger partial charge in [0, 0.05) is 10.5 Å². The molecule has 2 rings (SSSR count). The van der Waals surface area contributed by atoms with Crippen molar-refractivity contribution in [2.45, 2.75) is 26.0 Å². The van der Waals surface area contributed by atoms with Crippen molar-refractivity contribution >= 4 is 22.0 Å². The van der Waals surface area contributed by atoms with Gasteiger partial charge in [-0.15, -0.1) is 0 Å². The van der Waals surface area contributed by atoms with Gasteiger partial charge in [0.05, 0.1) is 0 Å². The zero-order valence-electron chi connectivity index (χ0n) is 11.9. The molecule has 0 aliphatic rings. The first-order chi connectivity index (χ1) is 10.1. The molecule has 0 aliphatic heterocycles. The average Bonchev–Trinajstić information content (AvgIpc) is 2.46. The van der Waals surface area contributed by atoms with Crippen LogP contribution < -0.4 is 5.32 Å². The Labute approximate surface area is 133 Å². The van der Waals surface area contributed by atoms with Gasteiger partial charge in [-0.1, -0.05) is 58.4 Å². The van der Waals surface area contributed by atoms with Crippen molar-refractivity contribution in [2.75, 3.05) is 0 Å². The number of alkyl carbamates (subject to hydrolysis) is 1. The third kappa shape index (κ3) is 5.60. The lowest BCUT2D eigenvalue weighted by Crippen LogP contribution is -2.34. The van der Waals surface area contributed by atoms with E-state index < -0.39 is 0 Å².